The van der Waals surface area contributed by atoms with Crippen LogP contribution in [0, 0.1) is 0 Å². The topological polar surface area (TPSA) is 107 Å². The lowest BCUT2D eigenvalue weighted by molar-refractivity contribution is -0.142. The fourth-order valence-corrected chi connectivity index (χ4v) is 4.87. The summed E-state index contributed by atoms with van der Waals surface area (Å²) in [5.41, 5.74) is 6.04. The molecule has 0 bridgehead atoms. The maximum absolute atomic E-state index is 12.9. The van der Waals surface area contributed by atoms with Crippen molar-refractivity contribution in [2.24, 2.45) is 0 Å². The van der Waals surface area contributed by atoms with Crippen LogP contribution in [-0.4, -0.2) is 42.0 Å². The molecule has 3 aromatic carbocycles. The Morgan fingerprint density at radius 2 is 1.53 bits per heavy atom. The predicted octanol–water partition coefficient (Wildman–Crippen LogP) is 5.71. The van der Waals surface area contributed by atoms with Crippen LogP contribution in [0.4, 0.5) is 9.59 Å². The summed E-state index contributed by atoms with van der Waals surface area (Å²) in [6, 6.07) is 22.5. The number of carbonyl (C=O) groups excluding carboxylic acids is 3. The van der Waals surface area contributed by atoms with Crippen molar-refractivity contribution in [1.29, 1.82) is 0 Å². The summed E-state index contributed by atoms with van der Waals surface area (Å²) in [5, 5.41) is 3.49. The van der Waals surface area contributed by atoms with Crippen molar-refractivity contribution in [3.8, 4) is 11.1 Å². The Balaban J connectivity index is 1.31. The largest absolute Gasteiger partial charge is 0.516 e. The molecule has 0 fully saturated rings. The molecule has 38 heavy (non-hydrogen) atoms. The standard InChI is InChI=1S/C30H28N2O6/c1-18(2)37-30(35)38-28(33)27(15-19-16-31-26-14-8-7-9-20(19)26)32-29(34)36-17-25-23-12-5-3-10-21(23)22-11-4-6-13-24(22)25/h3-14,16,18,25,27,31H,15,17H2,1-2H3,(H,32,34)/t27-/m0/s1. The summed E-state index contributed by atoms with van der Waals surface area (Å²) >= 11 is 0. The second-order valence-electron chi connectivity index (χ2n) is 9.42. The molecule has 1 heterocycles. The van der Waals surface area contributed by atoms with Gasteiger partial charge in [0.25, 0.3) is 0 Å². The summed E-state index contributed by atoms with van der Waals surface area (Å²) in [6.45, 7) is 3.37. The van der Waals surface area contributed by atoms with E-state index in [4.69, 9.17) is 14.2 Å². The average molecular weight is 513 g/mol. The van der Waals surface area contributed by atoms with Crippen LogP contribution in [0.15, 0.2) is 79.0 Å². The van der Waals surface area contributed by atoms with Gasteiger partial charge < -0.3 is 24.5 Å². The van der Waals surface area contributed by atoms with Crippen LogP contribution in [0.3, 0.4) is 0 Å². The molecule has 2 N–H and O–H groups in total. The van der Waals surface area contributed by atoms with Gasteiger partial charge >= 0.3 is 18.2 Å². The van der Waals surface area contributed by atoms with Gasteiger partial charge in [0, 0.05) is 29.4 Å². The van der Waals surface area contributed by atoms with Crippen molar-refractivity contribution in [3.05, 3.63) is 95.7 Å². The van der Waals surface area contributed by atoms with Crippen LogP contribution >= 0.6 is 0 Å². The van der Waals surface area contributed by atoms with Crippen LogP contribution in [0.2, 0.25) is 0 Å². The first-order chi connectivity index (χ1) is 18.4. The smallest absolute Gasteiger partial charge is 0.449 e. The zero-order chi connectivity index (χ0) is 26.6. The van der Waals surface area contributed by atoms with E-state index in [9.17, 15) is 14.4 Å². The minimum absolute atomic E-state index is 0.0853. The molecule has 8 heteroatoms. The molecule has 1 atom stereocenters. The third-order valence-corrected chi connectivity index (χ3v) is 6.54. The number of nitrogens with one attached hydrogen (secondary N) is 2. The Kier molecular flexibility index (Phi) is 7.13. The Morgan fingerprint density at radius 3 is 2.21 bits per heavy atom. The highest BCUT2D eigenvalue weighted by molar-refractivity contribution is 5.90. The van der Waals surface area contributed by atoms with E-state index in [-0.39, 0.29) is 18.9 Å². The molecule has 0 saturated carbocycles. The van der Waals surface area contributed by atoms with E-state index in [2.05, 4.69) is 22.4 Å². The summed E-state index contributed by atoms with van der Waals surface area (Å²) in [6.07, 6.45) is -0.523. The number of esters is 1. The van der Waals surface area contributed by atoms with Gasteiger partial charge in [-0.05, 0) is 47.7 Å². The SMILES string of the molecule is CC(C)OC(=O)OC(=O)[C@H](Cc1c[nH]c2ccccc12)NC(=O)OCC1c2ccccc2-c2ccccc21. The third-order valence-electron chi connectivity index (χ3n) is 6.54. The van der Waals surface area contributed by atoms with E-state index < -0.39 is 30.4 Å². The molecule has 4 aromatic rings. The lowest BCUT2D eigenvalue weighted by Crippen LogP contribution is -2.44. The van der Waals surface area contributed by atoms with E-state index in [0.717, 1.165) is 38.7 Å². The number of alkyl carbamates (subject to hydrolysis) is 1. The predicted molar refractivity (Wildman–Crippen MR) is 142 cm³/mol. The number of hydrogen-bond donors (Lipinski definition) is 2. The summed E-state index contributed by atoms with van der Waals surface area (Å²) in [4.78, 5) is 41.0. The number of fused-ring (bicyclic) bond motifs is 4. The zero-order valence-electron chi connectivity index (χ0n) is 21.1. The molecule has 1 aliphatic rings. The molecule has 0 saturated heterocycles. The molecular formula is C30H28N2O6. The number of carbonyl (C=O) groups is 3. The van der Waals surface area contributed by atoms with Crippen molar-refractivity contribution in [1.82, 2.24) is 10.3 Å². The van der Waals surface area contributed by atoms with Crippen molar-refractivity contribution in [2.45, 2.75) is 38.3 Å². The molecule has 1 amide bonds. The van der Waals surface area contributed by atoms with Crippen LogP contribution < -0.4 is 5.32 Å². The lowest BCUT2D eigenvalue weighted by Gasteiger charge is -2.19. The third kappa shape index (κ3) is 5.25. The highest BCUT2D eigenvalue weighted by Gasteiger charge is 2.31. The van der Waals surface area contributed by atoms with Crippen molar-refractivity contribution in [2.75, 3.05) is 6.61 Å². The number of para-hydroxylation sites is 1. The van der Waals surface area contributed by atoms with Crippen LogP contribution in [-0.2, 0) is 25.4 Å². The molecule has 0 unspecified atom stereocenters. The van der Waals surface area contributed by atoms with Crippen LogP contribution in [0.1, 0.15) is 36.5 Å². The lowest BCUT2D eigenvalue weighted by atomic mass is 9.98. The first-order valence-electron chi connectivity index (χ1n) is 12.5. The van der Waals surface area contributed by atoms with Crippen LogP contribution in [0.25, 0.3) is 22.0 Å². The number of ether oxygens (including phenoxy) is 3. The summed E-state index contributed by atoms with van der Waals surface area (Å²) < 4.78 is 15.4. The number of rotatable bonds is 7. The summed E-state index contributed by atoms with van der Waals surface area (Å²) in [7, 11) is 0. The summed E-state index contributed by atoms with van der Waals surface area (Å²) in [5.74, 6) is -1.07. The van der Waals surface area contributed by atoms with Gasteiger partial charge in [-0.3, -0.25) is 0 Å². The number of hydrogen-bond acceptors (Lipinski definition) is 6. The Labute approximate surface area is 219 Å². The van der Waals surface area contributed by atoms with E-state index in [1.807, 2.05) is 60.7 Å². The highest BCUT2D eigenvalue weighted by atomic mass is 16.7. The molecule has 1 aromatic heterocycles. The second kappa shape index (κ2) is 10.8. The van der Waals surface area contributed by atoms with E-state index >= 15 is 0 Å². The van der Waals surface area contributed by atoms with Gasteiger partial charge in [-0.2, -0.15) is 0 Å². The number of aromatic amines is 1. The van der Waals surface area contributed by atoms with Gasteiger partial charge in [-0.1, -0.05) is 66.7 Å². The monoisotopic (exact) mass is 512 g/mol. The van der Waals surface area contributed by atoms with Gasteiger partial charge in [-0.25, -0.2) is 14.4 Å². The first-order valence-corrected chi connectivity index (χ1v) is 12.5. The van der Waals surface area contributed by atoms with E-state index in [0.29, 0.717) is 0 Å². The molecule has 0 spiro atoms. The first kappa shape index (κ1) is 25.1. The number of H-pyrrole nitrogens is 1. The van der Waals surface area contributed by atoms with Crippen molar-refractivity contribution < 1.29 is 28.6 Å². The van der Waals surface area contributed by atoms with Gasteiger partial charge in [0.1, 0.15) is 12.6 Å². The Morgan fingerprint density at radius 1 is 0.895 bits per heavy atom. The van der Waals surface area contributed by atoms with Gasteiger partial charge in [0.05, 0.1) is 6.10 Å². The normalized spacial score (nSPS) is 13.0. The number of benzene rings is 3. The molecule has 194 valence electrons. The quantitative estimate of drug-likeness (QED) is 0.243. The van der Waals surface area contributed by atoms with E-state index in [1.54, 1.807) is 20.0 Å². The fraction of sp³-hybridized carbons (Fsp3) is 0.233. The molecule has 0 radical (unpaired) electrons. The Hall–Kier alpha value is -4.59. The highest BCUT2D eigenvalue weighted by Crippen LogP contribution is 2.44. The Bertz CT molecular complexity index is 1450. The molecule has 1 aliphatic carbocycles. The van der Waals surface area contributed by atoms with Crippen molar-refractivity contribution in [3.63, 3.8) is 0 Å². The number of aromatic nitrogens is 1. The number of amides is 1. The fourth-order valence-electron chi connectivity index (χ4n) is 4.87. The molecular weight excluding hydrogens is 484 g/mol. The van der Waals surface area contributed by atoms with Gasteiger partial charge in [0.15, 0.2) is 0 Å². The molecule has 0 aliphatic heterocycles. The maximum atomic E-state index is 12.9. The zero-order valence-corrected chi connectivity index (χ0v) is 21.1. The van der Waals surface area contributed by atoms with Crippen LogP contribution in [0.5, 0.6) is 0 Å². The minimum Gasteiger partial charge on any atom is -0.449 e. The van der Waals surface area contributed by atoms with E-state index in [1.165, 1.54) is 0 Å². The minimum atomic E-state index is -1.18. The average Bonchev–Trinajstić information content (AvgIpc) is 3.45. The van der Waals surface area contributed by atoms with Gasteiger partial charge in [-0.15, -0.1) is 0 Å². The molecule has 8 nitrogen and oxygen atoms in total. The second-order valence-corrected chi connectivity index (χ2v) is 9.42. The van der Waals surface area contributed by atoms with Gasteiger partial charge in [0.2, 0.25) is 0 Å². The molecule has 5 rings (SSSR count). The van der Waals surface area contributed by atoms with Crippen molar-refractivity contribution >= 4 is 29.1 Å². The maximum Gasteiger partial charge on any atom is 0.516 e.